The maximum atomic E-state index is 13.1. The number of nitro benzene ring substituents is 1. The summed E-state index contributed by atoms with van der Waals surface area (Å²) in [6.45, 7) is 1.70. The van der Waals surface area contributed by atoms with Crippen molar-refractivity contribution in [2.45, 2.75) is 13.5 Å². The van der Waals surface area contributed by atoms with Crippen molar-refractivity contribution in [3.8, 4) is 39.9 Å². The average molecular weight is 607 g/mol. The molecule has 2 aromatic carbocycles. The number of ether oxygens (including phenoxy) is 1. The van der Waals surface area contributed by atoms with Crippen LogP contribution in [0.4, 0.5) is 11.4 Å². The number of carbonyl (C=O) groups is 2. The van der Waals surface area contributed by atoms with Crippen LogP contribution in [0.3, 0.4) is 0 Å². The van der Waals surface area contributed by atoms with Crippen LogP contribution in [0.1, 0.15) is 23.1 Å². The number of esters is 1. The summed E-state index contributed by atoms with van der Waals surface area (Å²) in [5.74, 6) is -1.29. The van der Waals surface area contributed by atoms with Gasteiger partial charge in [0.25, 0.3) is 11.6 Å². The highest BCUT2D eigenvalue weighted by Crippen LogP contribution is 2.34. The van der Waals surface area contributed by atoms with E-state index < -0.39 is 16.8 Å². The number of amides is 1. The van der Waals surface area contributed by atoms with E-state index in [9.17, 15) is 19.7 Å². The average Bonchev–Trinajstić information content (AvgIpc) is 3.80. The van der Waals surface area contributed by atoms with Crippen molar-refractivity contribution < 1.29 is 23.8 Å². The van der Waals surface area contributed by atoms with Crippen LogP contribution in [-0.4, -0.2) is 63.8 Å². The molecule has 6 rings (SSSR count). The summed E-state index contributed by atoms with van der Waals surface area (Å²) in [7, 11) is 1.20. The van der Waals surface area contributed by atoms with Crippen LogP contribution in [0.15, 0.2) is 83.6 Å². The fourth-order valence-electron chi connectivity index (χ4n) is 4.47. The van der Waals surface area contributed by atoms with Gasteiger partial charge in [-0.15, -0.1) is 5.10 Å². The summed E-state index contributed by atoms with van der Waals surface area (Å²) >= 11 is 0. The van der Waals surface area contributed by atoms with Crippen LogP contribution in [-0.2, 0) is 16.1 Å². The highest BCUT2D eigenvalue weighted by molar-refractivity contribution is 6.03. The van der Waals surface area contributed by atoms with Crippen molar-refractivity contribution in [1.29, 1.82) is 0 Å². The normalized spacial score (nSPS) is 10.9. The molecule has 45 heavy (non-hydrogen) atoms. The number of benzene rings is 2. The van der Waals surface area contributed by atoms with Gasteiger partial charge < -0.3 is 14.6 Å². The van der Waals surface area contributed by atoms with Gasteiger partial charge in [-0.2, -0.15) is 10.1 Å². The molecule has 0 fully saturated rings. The fraction of sp³-hybridized carbons (Fsp3) is 0.103. The van der Waals surface area contributed by atoms with Crippen LogP contribution >= 0.6 is 0 Å². The van der Waals surface area contributed by atoms with Gasteiger partial charge >= 0.3 is 5.97 Å². The Morgan fingerprint density at radius 2 is 1.89 bits per heavy atom. The molecule has 6 aromatic rings. The summed E-state index contributed by atoms with van der Waals surface area (Å²) in [6.07, 6.45) is 3.47. The van der Waals surface area contributed by atoms with Crippen molar-refractivity contribution in [3.63, 3.8) is 0 Å². The Bertz CT molecular complexity index is 2030. The van der Waals surface area contributed by atoms with E-state index in [2.05, 4.69) is 35.9 Å². The Hall–Kier alpha value is -6.58. The third kappa shape index (κ3) is 5.87. The first-order valence-corrected chi connectivity index (χ1v) is 13.3. The van der Waals surface area contributed by atoms with Gasteiger partial charge in [-0.3, -0.25) is 19.9 Å². The van der Waals surface area contributed by atoms with E-state index in [-0.39, 0.29) is 34.5 Å². The molecular formula is C29H22N10O6. The molecule has 16 heteroatoms. The first kappa shape index (κ1) is 28.5. The van der Waals surface area contributed by atoms with Gasteiger partial charge in [-0.05, 0) is 36.4 Å². The minimum absolute atomic E-state index is 0.00268. The maximum Gasteiger partial charge on any atom is 0.359 e. The van der Waals surface area contributed by atoms with Crippen LogP contribution < -0.4 is 5.32 Å². The minimum atomic E-state index is -0.789. The molecule has 1 amide bonds. The maximum absolute atomic E-state index is 13.1. The second kappa shape index (κ2) is 12.0. The third-order valence-corrected chi connectivity index (χ3v) is 6.50. The molecule has 0 atom stereocenters. The number of hydrogen-bond acceptors (Lipinski definition) is 12. The first-order chi connectivity index (χ1) is 21.8. The van der Waals surface area contributed by atoms with E-state index in [1.54, 1.807) is 35.3 Å². The lowest BCUT2D eigenvalue weighted by Gasteiger charge is -2.09. The monoisotopic (exact) mass is 606 g/mol. The summed E-state index contributed by atoms with van der Waals surface area (Å²) in [6, 6.07) is 18.2. The first-order valence-electron chi connectivity index (χ1n) is 13.3. The predicted octanol–water partition coefficient (Wildman–Crippen LogP) is 3.94. The molecule has 1 N–H and O–H groups in total. The van der Waals surface area contributed by atoms with Crippen LogP contribution in [0.5, 0.6) is 0 Å². The molecule has 0 bridgehead atoms. The summed E-state index contributed by atoms with van der Waals surface area (Å²) in [5, 5.41) is 30.7. The zero-order valence-corrected chi connectivity index (χ0v) is 23.7. The lowest BCUT2D eigenvalue weighted by atomic mass is 10.1. The largest absolute Gasteiger partial charge is 0.464 e. The van der Waals surface area contributed by atoms with E-state index in [4.69, 9.17) is 9.26 Å². The van der Waals surface area contributed by atoms with Crippen LogP contribution in [0.25, 0.3) is 39.9 Å². The van der Waals surface area contributed by atoms with E-state index >= 15 is 0 Å². The summed E-state index contributed by atoms with van der Waals surface area (Å²) < 4.78 is 13.4. The van der Waals surface area contributed by atoms with Crippen molar-refractivity contribution in [3.05, 3.63) is 101 Å². The second-order valence-corrected chi connectivity index (χ2v) is 9.56. The lowest BCUT2D eigenvalue weighted by molar-refractivity contribution is -0.384. The quantitative estimate of drug-likeness (QED) is 0.141. The summed E-state index contributed by atoms with van der Waals surface area (Å²) in [4.78, 5) is 44.6. The Kier molecular flexibility index (Phi) is 7.58. The number of methoxy groups -OCH3 is 1. The van der Waals surface area contributed by atoms with Gasteiger partial charge in [0.15, 0.2) is 11.4 Å². The Labute approximate surface area is 253 Å². The van der Waals surface area contributed by atoms with Gasteiger partial charge in [0.1, 0.15) is 11.4 Å². The highest BCUT2D eigenvalue weighted by atomic mass is 16.6. The molecule has 0 aliphatic rings. The number of nitrogens with zero attached hydrogens (tertiary/aromatic N) is 9. The van der Waals surface area contributed by atoms with Gasteiger partial charge in [0.05, 0.1) is 36.2 Å². The van der Waals surface area contributed by atoms with Crippen molar-refractivity contribution in [1.82, 2.24) is 39.9 Å². The van der Waals surface area contributed by atoms with E-state index in [0.29, 0.717) is 29.1 Å². The van der Waals surface area contributed by atoms with Crippen molar-refractivity contribution >= 4 is 23.3 Å². The predicted molar refractivity (Wildman–Crippen MR) is 157 cm³/mol. The van der Waals surface area contributed by atoms with Gasteiger partial charge in [-0.1, -0.05) is 28.6 Å². The third-order valence-electron chi connectivity index (χ3n) is 6.50. The number of nitro groups is 1. The summed E-state index contributed by atoms with van der Waals surface area (Å²) in [5.41, 5.74) is 2.72. The van der Waals surface area contributed by atoms with Gasteiger partial charge in [-0.25, -0.2) is 14.2 Å². The van der Waals surface area contributed by atoms with E-state index in [1.165, 1.54) is 43.0 Å². The zero-order chi connectivity index (χ0) is 31.5. The van der Waals surface area contributed by atoms with Crippen LogP contribution in [0.2, 0.25) is 0 Å². The van der Waals surface area contributed by atoms with Gasteiger partial charge in [0, 0.05) is 36.4 Å². The van der Waals surface area contributed by atoms with E-state index in [1.807, 2.05) is 24.3 Å². The number of rotatable bonds is 9. The molecule has 224 valence electrons. The Balaban J connectivity index is 1.40. The molecule has 16 nitrogen and oxygen atoms in total. The Morgan fingerprint density at radius 3 is 2.60 bits per heavy atom. The number of pyridine rings is 1. The van der Waals surface area contributed by atoms with E-state index in [0.717, 1.165) is 5.69 Å². The fourth-order valence-corrected chi connectivity index (χ4v) is 4.47. The number of anilines is 1. The Morgan fingerprint density at radius 1 is 1.07 bits per heavy atom. The van der Waals surface area contributed by atoms with Crippen LogP contribution in [0, 0.1) is 10.1 Å². The molecule has 4 aromatic heterocycles. The topological polar surface area (TPSA) is 199 Å². The molecule has 0 radical (unpaired) electrons. The zero-order valence-electron chi connectivity index (χ0n) is 23.7. The molecule has 0 saturated carbocycles. The van der Waals surface area contributed by atoms with Gasteiger partial charge in [0.2, 0.25) is 11.7 Å². The molecule has 0 aliphatic carbocycles. The molecular weight excluding hydrogens is 584 g/mol. The van der Waals surface area contributed by atoms with Crippen molar-refractivity contribution in [2.75, 3.05) is 12.4 Å². The molecule has 0 unspecified atom stereocenters. The minimum Gasteiger partial charge on any atom is -0.464 e. The molecule has 0 saturated heterocycles. The number of nitrogens with one attached hydrogen (secondary N) is 1. The number of non-ortho nitro benzene ring substituents is 1. The standard InChI is InChI=1S/C29H22N10O6/c1-17(40)31-24-25(27-32-28(45-35-27)18-9-11-21(12-10-18)39(42)43)34-38(26(24)29(41)44-2)22-8-5-6-19(14-22)23-16-37(36-33-23)15-20-7-3-4-13-30-20/h3-14,16H,15H2,1-2H3,(H,31,40). The number of aromatic nitrogens is 8. The highest BCUT2D eigenvalue weighted by Gasteiger charge is 2.30. The number of carbonyl (C=O) groups excluding carboxylic acids is 2. The molecule has 4 heterocycles. The smallest absolute Gasteiger partial charge is 0.359 e. The van der Waals surface area contributed by atoms with Crippen molar-refractivity contribution in [2.24, 2.45) is 0 Å². The SMILES string of the molecule is COC(=O)c1c(NC(C)=O)c(-c2noc(-c3ccc([N+](=O)[O-])cc3)n2)nn1-c1cccc(-c2cn(Cc3ccccn3)nn2)c1. The second-order valence-electron chi connectivity index (χ2n) is 9.56. The molecule has 0 aliphatic heterocycles. The lowest BCUT2D eigenvalue weighted by Crippen LogP contribution is -2.15. The molecule has 0 spiro atoms. The number of hydrogen-bond donors (Lipinski definition) is 1.